The van der Waals surface area contributed by atoms with Crippen molar-refractivity contribution in [1.29, 1.82) is 0 Å². The fourth-order valence-corrected chi connectivity index (χ4v) is 6.80. The van der Waals surface area contributed by atoms with Gasteiger partial charge in [0.1, 0.15) is 6.61 Å². The summed E-state index contributed by atoms with van der Waals surface area (Å²) in [7, 11) is -3.40. The fourth-order valence-electron chi connectivity index (χ4n) is 6.42. The molecule has 0 spiro atoms. The predicted octanol–water partition coefficient (Wildman–Crippen LogP) is 8.14. The van der Waals surface area contributed by atoms with Crippen molar-refractivity contribution in [2.75, 3.05) is 36.6 Å². The van der Waals surface area contributed by atoms with Crippen LogP contribution >= 0.6 is 0 Å². The largest absolute Gasteiger partial charge is 0.489 e. The number of alkyl halides is 9. The Morgan fingerprint density at radius 3 is 1.96 bits per heavy atom. The molecule has 55 heavy (non-hydrogen) atoms. The summed E-state index contributed by atoms with van der Waals surface area (Å²) in [6.07, 6.45) is -8.45. The Kier molecular flexibility index (Phi) is 14.1. The second kappa shape index (κ2) is 17.8. The number of ether oxygens (including phenoxy) is 1. The maximum absolute atomic E-state index is 14.0. The van der Waals surface area contributed by atoms with Crippen molar-refractivity contribution >= 4 is 21.8 Å². The van der Waals surface area contributed by atoms with E-state index in [0.29, 0.717) is 30.8 Å². The molecule has 0 bridgehead atoms. The lowest BCUT2D eigenvalue weighted by atomic mass is 9.80. The van der Waals surface area contributed by atoms with Gasteiger partial charge in [0, 0.05) is 19.2 Å². The van der Waals surface area contributed by atoms with Crippen LogP contribution in [-0.4, -0.2) is 61.2 Å². The van der Waals surface area contributed by atoms with E-state index in [4.69, 9.17) is 9.84 Å². The van der Waals surface area contributed by atoms with Gasteiger partial charge in [0.25, 0.3) is 0 Å². The second-order valence-corrected chi connectivity index (χ2v) is 16.0. The lowest BCUT2D eigenvalue weighted by Gasteiger charge is -2.31. The molecule has 9 nitrogen and oxygen atoms in total. The van der Waals surface area contributed by atoms with Crippen molar-refractivity contribution in [2.24, 2.45) is 11.8 Å². The Morgan fingerprint density at radius 1 is 0.873 bits per heavy atom. The average molecular weight is 813 g/mol. The summed E-state index contributed by atoms with van der Waals surface area (Å²) in [4.78, 5) is 20.5. The first-order valence-corrected chi connectivity index (χ1v) is 19.4. The van der Waals surface area contributed by atoms with Gasteiger partial charge in [0.15, 0.2) is 15.6 Å². The third-order valence-electron chi connectivity index (χ3n) is 9.46. The van der Waals surface area contributed by atoms with E-state index in [-0.39, 0.29) is 60.4 Å². The van der Waals surface area contributed by atoms with Gasteiger partial charge in [-0.05, 0) is 111 Å². The van der Waals surface area contributed by atoms with Crippen molar-refractivity contribution in [3.63, 3.8) is 0 Å². The molecule has 2 aromatic carbocycles. The first kappa shape index (κ1) is 43.6. The standard InChI is InChI=1S/C36H41F9N4O5S/c1-22(26-14-29(35(40,41)42)17-30(15-26)36(43,44)45)49(33-47-19-31(20-48-33)54-11-12-55(2,52)53)21-27-16-28(34(37,38)39)8-7-25(27)9-10-46-18-24-5-3-23(4-6-24)13-32(50)51/h7-8,14-17,19-20,22-24,46H,3-6,9-13,18,21H2,1-2H3,(H,50,51)/t22-,23?,24?/m0/s1. The molecule has 1 saturated carbocycles. The highest BCUT2D eigenvalue weighted by molar-refractivity contribution is 7.90. The van der Waals surface area contributed by atoms with Crippen LogP contribution in [0.1, 0.15) is 78.5 Å². The molecule has 304 valence electrons. The van der Waals surface area contributed by atoms with Crippen LogP contribution in [0.5, 0.6) is 5.75 Å². The molecule has 1 atom stereocenters. The summed E-state index contributed by atoms with van der Waals surface area (Å²) in [5.74, 6) is -1.10. The Labute approximate surface area is 312 Å². The van der Waals surface area contributed by atoms with Crippen LogP contribution in [0, 0.1) is 11.8 Å². The van der Waals surface area contributed by atoms with Gasteiger partial charge in [-0.15, -0.1) is 0 Å². The van der Waals surface area contributed by atoms with E-state index >= 15 is 0 Å². The number of aliphatic carboxylic acids is 1. The molecule has 1 heterocycles. The molecule has 4 rings (SSSR count). The van der Waals surface area contributed by atoms with Crippen LogP contribution in [0.25, 0.3) is 0 Å². The fraction of sp³-hybridized carbons (Fsp3) is 0.528. The van der Waals surface area contributed by atoms with Gasteiger partial charge in [-0.1, -0.05) is 6.07 Å². The van der Waals surface area contributed by atoms with E-state index in [1.165, 1.54) is 17.9 Å². The lowest BCUT2D eigenvalue weighted by molar-refractivity contribution is -0.143. The summed E-state index contributed by atoms with van der Waals surface area (Å²) < 4.78 is 153. The molecular weight excluding hydrogens is 771 g/mol. The van der Waals surface area contributed by atoms with E-state index in [1.807, 2.05) is 0 Å². The van der Waals surface area contributed by atoms with E-state index < -0.39 is 69.2 Å². The number of carbonyl (C=O) groups is 1. The quantitative estimate of drug-likeness (QED) is 0.109. The van der Waals surface area contributed by atoms with Gasteiger partial charge in [0.2, 0.25) is 5.95 Å². The number of rotatable bonds is 16. The number of benzene rings is 2. The maximum Gasteiger partial charge on any atom is 0.416 e. The zero-order valence-electron chi connectivity index (χ0n) is 29.9. The Hall–Kier alpha value is -4.13. The number of halogens is 9. The maximum atomic E-state index is 14.0. The number of anilines is 1. The van der Waals surface area contributed by atoms with Gasteiger partial charge in [-0.25, -0.2) is 18.4 Å². The number of carboxylic acid groups (broad SMARTS) is 1. The summed E-state index contributed by atoms with van der Waals surface area (Å²) in [6, 6.07) is 2.69. The molecule has 0 amide bonds. The molecule has 19 heteroatoms. The van der Waals surface area contributed by atoms with Crippen LogP contribution in [0.15, 0.2) is 48.8 Å². The average Bonchev–Trinajstić information content (AvgIpc) is 3.08. The van der Waals surface area contributed by atoms with E-state index in [0.717, 1.165) is 56.5 Å². The van der Waals surface area contributed by atoms with Crippen LogP contribution in [0.3, 0.4) is 0 Å². The molecule has 1 aliphatic rings. The van der Waals surface area contributed by atoms with Gasteiger partial charge in [-0.3, -0.25) is 4.79 Å². The number of hydrogen-bond donors (Lipinski definition) is 2. The first-order chi connectivity index (χ1) is 25.5. The molecule has 1 fully saturated rings. The predicted molar refractivity (Wildman–Crippen MR) is 184 cm³/mol. The lowest BCUT2D eigenvalue weighted by Crippen LogP contribution is -2.30. The molecule has 3 aromatic rings. The topological polar surface area (TPSA) is 122 Å². The minimum Gasteiger partial charge on any atom is -0.489 e. The molecule has 1 aromatic heterocycles. The third-order valence-corrected chi connectivity index (χ3v) is 10.4. The van der Waals surface area contributed by atoms with E-state index in [9.17, 15) is 52.7 Å². The minimum atomic E-state index is -5.17. The van der Waals surface area contributed by atoms with Crippen LogP contribution < -0.4 is 15.0 Å². The smallest absolute Gasteiger partial charge is 0.416 e. The number of aromatic nitrogens is 2. The number of carboxylic acids is 1. The van der Waals surface area contributed by atoms with Gasteiger partial charge in [-0.2, -0.15) is 39.5 Å². The monoisotopic (exact) mass is 812 g/mol. The molecule has 0 radical (unpaired) electrons. The number of nitrogens with one attached hydrogen (secondary N) is 1. The Morgan fingerprint density at radius 2 is 1.44 bits per heavy atom. The number of nitrogens with zero attached hydrogens (tertiary/aromatic N) is 3. The van der Waals surface area contributed by atoms with Crippen LogP contribution in [0.2, 0.25) is 0 Å². The van der Waals surface area contributed by atoms with Gasteiger partial charge < -0.3 is 20.1 Å². The molecule has 1 aliphatic carbocycles. The highest BCUT2D eigenvalue weighted by Gasteiger charge is 2.38. The van der Waals surface area contributed by atoms with Crippen molar-refractivity contribution in [3.05, 3.63) is 82.2 Å². The van der Waals surface area contributed by atoms with Gasteiger partial charge >= 0.3 is 24.5 Å². The summed E-state index contributed by atoms with van der Waals surface area (Å²) in [5, 5.41) is 12.4. The van der Waals surface area contributed by atoms with Crippen LogP contribution in [0.4, 0.5) is 45.5 Å². The number of hydrogen-bond acceptors (Lipinski definition) is 8. The first-order valence-electron chi connectivity index (χ1n) is 17.3. The molecule has 0 unspecified atom stereocenters. The SMILES string of the molecule is C[C@@H](c1cc(C(F)(F)F)cc(C(F)(F)F)c1)N(Cc1cc(C(F)(F)F)ccc1CCNCC1CCC(CC(=O)O)CC1)c1ncc(OCCS(C)(=O)=O)cn1. The van der Waals surface area contributed by atoms with Crippen molar-refractivity contribution < 1.29 is 62.6 Å². The molecule has 0 aliphatic heterocycles. The third kappa shape index (κ3) is 13.2. The second-order valence-electron chi connectivity index (χ2n) is 13.8. The zero-order valence-corrected chi connectivity index (χ0v) is 30.7. The highest BCUT2D eigenvalue weighted by atomic mass is 32.2. The molecule has 0 saturated heterocycles. The minimum absolute atomic E-state index is 0.0142. The summed E-state index contributed by atoms with van der Waals surface area (Å²) >= 11 is 0. The van der Waals surface area contributed by atoms with E-state index in [2.05, 4.69) is 15.3 Å². The summed E-state index contributed by atoms with van der Waals surface area (Å²) in [5.41, 5.74) is -4.17. The van der Waals surface area contributed by atoms with Crippen molar-refractivity contribution in [3.8, 4) is 5.75 Å². The summed E-state index contributed by atoms with van der Waals surface area (Å²) in [6.45, 7) is 1.43. The number of sulfone groups is 1. The normalized spacial score (nSPS) is 17.5. The Bertz CT molecular complexity index is 1830. The highest BCUT2D eigenvalue weighted by Crippen LogP contribution is 2.40. The Balaban J connectivity index is 1.67. The molecule has 2 N–H and O–H groups in total. The van der Waals surface area contributed by atoms with Gasteiger partial charge in [0.05, 0.1) is 40.9 Å². The van der Waals surface area contributed by atoms with Crippen molar-refractivity contribution in [2.45, 2.75) is 76.6 Å². The van der Waals surface area contributed by atoms with Crippen LogP contribution in [-0.2, 0) is 46.1 Å². The zero-order chi connectivity index (χ0) is 40.8. The van der Waals surface area contributed by atoms with Crippen molar-refractivity contribution in [1.82, 2.24) is 15.3 Å². The van der Waals surface area contributed by atoms with E-state index in [1.54, 1.807) is 0 Å². The molecular formula is C36H41F9N4O5S.